The molecule has 0 saturated heterocycles. The van der Waals surface area contributed by atoms with E-state index in [4.69, 9.17) is 21.1 Å². The molecule has 0 aromatic heterocycles. The van der Waals surface area contributed by atoms with E-state index < -0.39 is 17.8 Å². The highest BCUT2D eigenvalue weighted by molar-refractivity contribution is 6.31. The van der Waals surface area contributed by atoms with Gasteiger partial charge in [0.1, 0.15) is 11.6 Å². The molecule has 1 aliphatic rings. The van der Waals surface area contributed by atoms with Gasteiger partial charge >= 0.3 is 11.9 Å². The Morgan fingerprint density at radius 2 is 1.83 bits per heavy atom. The molecule has 3 aromatic carbocycles. The van der Waals surface area contributed by atoms with E-state index in [1.54, 1.807) is 48.5 Å². The number of halogens is 2. The SMILES string of the molecule is O=C1OC(c2cccc(Cl)c2)=NC1=Cc1cccc(OC(=O)c2ccccc2F)c1. The summed E-state index contributed by atoms with van der Waals surface area (Å²) in [5, 5.41) is 0.494. The van der Waals surface area contributed by atoms with Gasteiger partial charge in [0.2, 0.25) is 5.90 Å². The Morgan fingerprint density at radius 3 is 2.63 bits per heavy atom. The lowest BCUT2D eigenvalue weighted by Crippen LogP contribution is -2.10. The topological polar surface area (TPSA) is 65.0 Å². The van der Waals surface area contributed by atoms with Gasteiger partial charge in [-0.3, -0.25) is 0 Å². The number of cyclic esters (lactones) is 1. The van der Waals surface area contributed by atoms with Crippen molar-refractivity contribution in [3.63, 3.8) is 0 Å². The Labute approximate surface area is 176 Å². The standard InChI is InChI=1S/C23H13ClFNO4/c24-16-7-4-6-15(13-16)21-26-20(23(28)30-21)12-14-5-3-8-17(11-14)29-22(27)18-9-1-2-10-19(18)25/h1-13H. The van der Waals surface area contributed by atoms with Crippen molar-refractivity contribution in [3.8, 4) is 5.75 Å². The summed E-state index contributed by atoms with van der Waals surface area (Å²) in [5.74, 6) is -1.76. The number of nitrogens with zero attached hydrogens (tertiary/aromatic N) is 1. The Kier molecular flexibility index (Phi) is 5.41. The fourth-order valence-electron chi connectivity index (χ4n) is 2.77. The van der Waals surface area contributed by atoms with Gasteiger partial charge in [0.25, 0.3) is 0 Å². The monoisotopic (exact) mass is 421 g/mol. The van der Waals surface area contributed by atoms with E-state index in [-0.39, 0.29) is 22.9 Å². The van der Waals surface area contributed by atoms with E-state index in [0.29, 0.717) is 16.1 Å². The summed E-state index contributed by atoms with van der Waals surface area (Å²) in [7, 11) is 0. The Morgan fingerprint density at radius 1 is 1.03 bits per heavy atom. The normalized spacial score (nSPS) is 14.4. The molecule has 3 aromatic rings. The predicted molar refractivity (Wildman–Crippen MR) is 110 cm³/mol. The van der Waals surface area contributed by atoms with Crippen molar-refractivity contribution in [2.24, 2.45) is 4.99 Å². The number of carbonyl (C=O) groups is 2. The van der Waals surface area contributed by atoms with Gasteiger partial charge < -0.3 is 9.47 Å². The summed E-state index contributed by atoms with van der Waals surface area (Å²) in [6, 6.07) is 18.8. The third-order valence-corrected chi connectivity index (χ3v) is 4.39. The molecule has 4 rings (SSSR count). The molecule has 0 N–H and O–H groups in total. The van der Waals surface area contributed by atoms with Crippen LogP contribution in [0.5, 0.6) is 5.75 Å². The predicted octanol–water partition coefficient (Wildman–Crippen LogP) is 5.04. The molecule has 5 nitrogen and oxygen atoms in total. The van der Waals surface area contributed by atoms with E-state index in [9.17, 15) is 14.0 Å². The van der Waals surface area contributed by atoms with Crippen molar-refractivity contribution in [3.05, 3.63) is 106 Å². The lowest BCUT2D eigenvalue weighted by atomic mass is 10.2. The molecule has 1 heterocycles. The molecule has 0 fully saturated rings. The van der Waals surface area contributed by atoms with Crippen molar-refractivity contribution < 1.29 is 23.5 Å². The van der Waals surface area contributed by atoms with Crippen LogP contribution in [-0.4, -0.2) is 17.8 Å². The van der Waals surface area contributed by atoms with Gasteiger partial charge in [-0.05, 0) is 54.1 Å². The molecule has 0 radical (unpaired) electrons. The Bertz CT molecular complexity index is 1220. The quantitative estimate of drug-likeness (QED) is 0.336. The van der Waals surface area contributed by atoms with E-state index >= 15 is 0 Å². The number of esters is 2. The fraction of sp³-hybridized carbons (Fsp3) is 0. The highest BCUT2D eigenvalue weighted by atomic mass is 35.5. The molecule has 0 aliphatic carbocycles. The molecular formula is C23H13ClFNO4. The molecule has 0 bridgehead atoms. The van der Waals surface area contributed by atoms with Crippen LogP contribution in [0.4, 0.5) is 4.39 Å². The maximum absolute atomic E-state index is 13.8. The van der Waals surface area contributed by atoms with Gasteiger partial charge in [-0.2, -0.15) is 0 Å². The average Bonchev–Trinajstić information content (AvgIpc) is 3.09. The van der Waals surface area contributed by atoms with Gasteiger partial charge in [-0.25, -0.2) is 19.0 Å². The van der Waals surface area contributed by atoms with Gasteiger partial charge in [0, 0.05) is 10.6 Å². The molecule has 148 valence electrons. The van der Waals surface area contributed by atoms with Crippen LogP contribution < -0.4 is 4.74 Å². The zero-order valence-corrected chi connectivity index (χ0v) is 16.1. The molecule has 0 spiro atoms. The largest absolute Gasteiger partial charge is 0.423 e. The van der Waals surface area contributed by atoms with Gasteiger partial charge in [-0.15, -0.1) is 0 Å². The van der Waals surface area contributed by atoms with Crippen LogP contribution >= 0.6 is 11.6 Å². The third-order valence-electron chi connectivity index (χ3n) is 4.16. The van der Waals surface area contributed by atoms with Crippen molar-refractivity contribution in [2.75, 3.05) is 0 Å². The summed E-state index contributed by atoms with van der Waals surface area (Å²) in [6.45, 7) is 0. The molecule has 0 unspecified atom stereocenters. The molecule has 30 heavy (non-hydrogen) atoms. The molecule has 0 atom stereocenters. The first-order chi connectivity index (χ1) is 14.5. The second-order valence-electron chi connectivity index (χ2n) is 6.29. The van der Waals surface area contributed by atoms with Crippen LogP contribution in [0.25, 0.3) is 6.08 Å². The average molecular weight is 422 g/mol. The number of hydrogen-bond donors (Lipinski definition) is 0. The summed E-state index contributed by atoms with van der Waals surface area (Å²) >= 11 is 5.96. The maximum Gasteiger partial charge on any atom is 0.363 e. The van der Waals surface area contributed by atoms with E-state index in [0.717, 1.165) is 0 Å². The van der Waals surface area contributed by atoms with Crippen LogP contribution in [0, 0.1) is 5.82 Å². The zero-order valence-electron chi connectivity index (χ0n) is 15.3. The minimum absolute atomic E-state index is 0.0857. The number of carbonyl (C=O) groups excluding carboxylic acids is 2. The fourth-order valence-corrected chi connectivity index (χ4v) is 2.96. The van der Waals surface area contributed by atoms with Gasteiger partial charge in [-0.1, -0.05) is 41.9 Å². The van der Waals surface area contributed by atoms with Crippen LogP contribution in [-0.2, 0) is 9.53 Å². The molecule has 1 aliphatic heterocycles. The highest BCUT2D eigenvalue weighted by Crippen LogP contribution is 2.23. The van der Waals surface area contributed by atoms with E-state index in [1.165, 1.54) is 30.3 Å². The van der Waals surface area contributed by atoms with Crippen LogP contribution in [0.3, 0.4) is 0 Å². The van der Waals surface area contributed by atoms with Crippen molar-refractivity contribution in [2.45, 2.75) is 0 Å². The minimum atomic E-state index is -0.820. The molecule has 7 heteroatoms. The molecule has 0 saturated carbocycles. The van der Waals surface area contributed by atoms with Crippen molar-refractivity contribution in [1.29, 1.82) is 0 Å². The lowest BCUT2D eigenvalue weighted by Gasteiger charge is -2.06. The molecular weight excluding hydrogens is 409 g/mol. The second-order valence-corrected chi connectivity index (χ2v) is 6.72. The number of rotatable bonds is 4. The van der Waals surface area contributed by atoms with Crippen molar-refractivity contribution in [1.82, 2.24) is 0 Å². The second kappa shape index (κ2) is 8.31. The van der Waals surface area contributed by atoms with Crippen LogP contribution in [0.1, 0.15) is 21.5 Å². The van der Waals surface area contributed by atoms with E-state index in [2.05, 4.69) is 4.99 Å². The number of ether oxygens (including phenoxy) is 2. The first-order valence-electron chi connectivity index (χ1n) is 8.85. The van der Waals surface area contributed by atoms with Gasteiger partial charge in [0.15, 0.2) is 5.70 Å². The third kappa shape index (κ3) is 4.29. The summed E-state index contributed by atoms with van der Waals surface area (Å²) in [4.78, 5) is 28.6. The van der Waals surface area contributed by atoms with Crippen LogP contribution in [0.15, 0.2) is 83.5 Å². The number of aliphatic imine (C=N–C) groups is 1. The van der Waals surface area contributed by atoms with E-state index in [1.807, 2.05) is 0 Å². The van der Waals surface area contributed by atoms with Gasteiger partial charge in [0.05, 0.1) is 5.56 Å². The van der Waals surface area contributed by atoms with Crippen LogP contribution in [0.2, 0.25) is 5.02 Å². The smallest absolute Gasteiger partial charge is 0.363 e. The summed E-state index contributed by atoms with van der Waals surface area (Å²) in [6.07, 6.45) is 1.50. The Balaban J connectivity index is 1.57. The Hall–Kier alpha value is -3.77. The minimum Gasteiger partial charge on any atom is -0.423 e. The molecule has 0 amide bonds. The lowest BCUT2D eigenvalue weighted by molar-refractivity contribution is -0.129. The maximum atomic E-state index is 13.8. The summed E-state index contributed by atoms with van der Waals surface area (Å²) < 4.78 is 24.2. The zero-order chi connectivity index (χ0) is 21.1. The first kappa shape index (κ1) is 19.5. The highest BCUT2D eigenvalue weighted by Gasteiger charge is 2.24. The summed E-state index contributed by atoms with van der Waals surface area (Å²) in [5.41, 5.74) is 1.04. The van der Waals surface area contributed by atoms with Crippen molar-refractivity contribution >= 4 is 35.5 Å². The number of hydrogen-bond acceptors (Lipinski definition) is 5. The number of benzene rings is 3. The first-order valence-corrected chi connectivity index (χ1v) is 9.23.